The highest BCUT2D eigenvalue weighted by Crippen LogP contribution is 2.42. The van der Waals surface area contributed by atoms with E-state index in [1.54, 1.807) is 0 Å². The van der Waals surface area contributed by atoms with Crippen molar-refractivity contribution in [1.82, 2.24) is 4.90 Å². The molecular formula is C17H30N2. The molecule has 2 N–H and O–H groups in total. The van der Waals surface area contributed by atoms with Gasteiger partial charge in [-0.25, -0.2) is 0 Å². The summed E-state index contributed by atoms with van der Waals surface area (Å²) in [5, 5.41) is 0. The molecule has 0 saturated carbocycles. The van der Waals surface area contributed by atoms with Crippen LogP contribution in [0.2, 0.25) is 0 Å². The topological polar surface area (TPSA) is 29.3 Å². The molecule has 0 fully saturated rings. The van der Waals surface area contributed by atoms with Gasteiger partial charge in [0, 0.05) is 6.04 Å². The van der Waals surface area contributed by atoms with Crippen LogP contribution in [0.1, 0.15) is 48.6 Å². The lowest BCUT2D eigenvalue weighted by Gasteiger charge is -2.41. The molecule has 0 spiro atoms. The summed E-state index contributed by atoms with van der Waals surface area (Å²) in [5.74, 6) is 0. The fourth-order valence-corrected chi connectivity index (χ4v) is 3.48. The van der Waals surface area contributed by atoms with Crippen LogP contribution in [-0.4, -0.2) is 25.5 Å². The summed E-state index contributed by atoms with van der Waals surface area (Å²) in [7, 11) is 4.34. The minimum atomic E-state index is 0.170. The van der Waals surface area contributed by atoms with Crippen molar-refractivity contribution in [3.8, 4) is 0 Å². The minimum absolute atomic E-state index is 0.170. The average molecular weight is 262 g/mol. The Labute approximate surface area is 119 Å². The van der Waals surface area contributed by atoms with E-state index in [9.17, 15) is 0 Å². The molecule has 1 atom stereocenters. The Morgan fingerprint density at radius 1 is 1.11 bits per heavy atom. The van der Waals surface area contributed by atoms with Crippen LogP contribution in [0.4, 0.5) is 0 Å². The molecule has 0 heterocycles. The van der Waals surface area contributed by atoms with Crippen molar-refractivity contribution in [2.24, 2.45) is 11.1 Å². The van der Waals surface area contributed by atoms with Gasteiger partial charge in [-0.05, 0) is 69.9 Å². The van der Waals surface area contributed by atoms with E-state index in [2.05, 4.69) is 65.7 Å². The van der Waals surface area contributed by atoms with Crippen LogP contribution in [0.15, 0.2) is 12.1 Å². The SMILES string of the molecule is Cc1cc(C)c(C(N(C)C)C(C)(C)CCN)c(C)c1. The van der Waals surface area contributed by atoms with E-state index in [0.717, 1.165) is 13.0 Å². The largest absolute Gasteiger partial charge is 0.330 e. The van der Waals surface area contributed by atoms with Gasteiger partial charge in [-0.1, -0.05) is 31.5 Å². The Bertz CT molecular complexity index is 410. The zero-order valence-corrected chi connectivity index (χ0v) is 13.7. The summed E-state index contributed by atoms with van der Waals surface area (Å²) < 4.78 is 0. The zero-order valence-electron chi connectivity index (χ0n) is 13.7. The lowest BCUT2D eigenvalue weighted by atomic mass is 9.74. The van der Waals surface area contributed by atoms with Gasteiger partial charge in [-0.3, -0.25) is 0 Å². The predicted molar refractivity (Wildman–Crippen MR) is 84.5 cm³/mol. The Morgan fingerprint density at radius 3 is 1.95 bits per heavy atom. The number of nitrogens with zero attached hydrogens (tertiary/aromatic N) is 1. The second kappa shape index (κ2) is 6.06. The third kappa shape index (κ3) is 3.58. The summed E-state index contributed by atoms with van der Waals surface area (Å²) in [6, 6.07) is 4.98. The highest BCUT2D eigenvalue weighted by molar-refractivity contribution is 5.40. The third-order valence-electron chi connectivity index (χ3n) is 4.06. The zero-order chi connectivity index (χ0) is 14.8. The van der Waals surface area contributed by atoms with Gasteiger partial charge < -0.3 is 10.6 Å². The van der Waals surface area contributed by atoms with E-state index >= 15 is 0 Å². The van der Waals surface area contributed by atoms with Gasteiger partial charge in [0.05, 0.1) is 0 Å². The molecule has 2 heteroatoms. The van der Waals surface area contributed by atoms with E-state index in [1.807, 2.05) is 0 Å². The van der Waals surface area contributed by atoms with Gasteiger partial charge >= 0.3 is 0 Å². The van der Waals surface area contributed by atoms with Crippen molar-refractivity contribution in [1.29, 1.82) is 0 Å². The minimum Gasteiger partial charge on any atom is -0.330 e. The van der Waals surface area contributed by atoms with Gasteiger partial charge in [0.1, 0.15) is 0 Å². The average Bonchev–Trinajstić information content (AvgIpc) is 2.21. The van der Waals surface area contributed by atoms with Crippen molar-refractivity contribution in [2.45, 2.75) is 47.1 Å². The molecule has 0 bridgehead atoms. The summed E-state index contributed by atoms with van der Waals surface area (Å²) >= 11 is 0. The van der Waals surface area contributed by atoms with E-state index in [4.69, 9.17) is 5.73 Å². The van der Waals surface area contributed by atoms with Crippen molar-refractivity contribution < 1.29 is 0 Å². The number of nitrogens with two attached hydrogens (primary N) is 1. The first-order valence-corrected chi connectivity index (χ1v) is 7.15. The van der Waals surface area contributed by atoms with Crippen LogP contribution in [-0.2, 0) is 0 Å². The molecule has 0 aliphatic carbocycles. The third-order valence-corrected chi connectivity index (χ3v) is 4.06. The normalized spacial score (nSPS) is 13.9. The summed E-state index contributed by atoms with van der Waals surface area (Å²) in [6.45, 7) is 12.0. The Kier molecular flexibility index (Phi) is 5.17. The van der Waals surface area contributed by atoms with Crippen LogP contribution in [0.5, 0.6) is 0 Å². The standard InChI is InChI=1S/C17H30N2/c1-12-10-13(2)15(14(3)11-12)16(19(6)7)17(4,5)8-9-18/h10-11,16H,8-9,18H2,1-7H3. The quantitative estimate of drug-likeness (QED) is 0.878. The molecule has 0 radical (unpaired) electrons. The lowest BCUT2D eigenvalue weighted by molar-refractivity contribution is 0.127. The molecule has 1 aromatic carbocycles. The van der Waals surface area contributed by atoms with E-state index in [1.165, 1.54) is 22.3 Å². The smallest absolute Gasteiger partial charge is 0.0398 e. The van der Waals surface area contributed by atoms with Crippen molar-refractivity contribution in [3.63, 3.8) is 0 Å². The van der Waals surface area contributed by atoms with Gasteiger partial charge in [-0.15, -0.1) is 0 Å². The van der Waals surface area contributed by atoms with Crippen LogP contribution >= 0.6 is 0 Å². The summed E-state index contributed by atoms with van der Waals surface area (Å²) in [4.78, 5) is 2.33. The number of hydrogen-bond acceptors (Lipinski definition) is 2. The predicted octanol–water partition coefficient (Wildman–Crippen LogP) is 3.59. The van der Waals surface area contributed by atoms with Gasteiger partial charge in [0.2, 0.25) is 0 Å². The first-order valence-electron chi connectivity index (χ1n) is 7.15. The first kappa shape index (κ1) is 16.2. The molecule has 0 aromatic heterocycles. The molecule has 0 saturated heterocycles. The summed E-state index contributed by atoms with van der Waals surface area (Å²) in [6.07, 6.45) is 1.03. The second-order valence-electron chi connectivity index (χ2n) is 6.71. The fraction of sp³-hybridized carbons (Fsp3) is 0.647. The van der Waals surface area contributed by atoms with Gasteiger partial charge in [0.25, 0.3) is 0 Å². The molecule has 108 valence electrons. The Morgan fingerprint density at radius 2 is 1.58 bits per heavy atom. The van der Waals surface area contributed by atoms with Crippen molar-refractivity contribution in [2.75, 3.05) is 20.6 Å². The van der Waals surface area contributed by atoms with Crippen LogP contribution < -0.4 is 5.73 Å². The van der Waals surface area contributed by atoms with Crippen molar-refractivity contribution in [3.05, 3.63) is 34.4 Å². The molecule has 1 rings (SSSR count). The first-order chi connectivity index (χ1) is 8.70. The van der Waals surface area contributed by atoms with Gasteiger partial charge in [0.15, 0.2) is 0 Å². The van der Waals surface area contributed by atoms with Crippen LogP contribution in [0.3, 0.4) is 0 Å². The second-order valence-corrected chi connectivity index (χ2v) is 6.71. The lowest BCUT2D eigenvalue weighted by Crippen LogP contribution is -2.36. The highest BCUT2D eigenvalue weighted by Gasteiger charge is 2.33. The number of hydrogen-bond donors (Lipinski definition) is 1. The maximum absolute atomic E-state index is 5.81. The van der Waals surface area contributed by atoms with E-state index in [-0.39, 0.29) is 5.41 Å². The van der Waals surface area contributed by atoms with Gasteiger partial charge in [-0.2, -0.15) is 0 Å². The maximum Gasteiger partial charge on any atom is 0.0398 e. The Hall–Kier alpha value is -0.860. The molecule has 2 nitrogen and oxygen atoms in total. The molecule has 0 amide bonds. The molecule has 1 aromatic rings. The highest BCUT2D eigenvalue weighted by atomic mass is 15.1. The number of aryl methyl sites for hydroxylation is 3. The fourth-order valence-electron chi connectivity index (χ4n) is 3.48. The molecule has 1 unspecified atom stereocenters. The van der Waals surface area contributed by atoms with Crippen LogP contribution in [0.25, 0.3) is 0 Å². The Balaban J connectivity index is 3.36. The molecule has 0 aliphatic rings. The molecular weight excluding hydrogens is 232 g/mol. The molecule has 19 heavy (non-hydrogen) atoms. The monoisotopic (exact) mass is 262 g/mol. The van der Waals surface area contributed by atoms with Crippen LogP contribution in [0, 0.1) is 26.2 Å². The van der Waals surface area contributed by atoms with Crippen molar-refractivity contribution >= 4 is 0 Å². The number of benzene rings is 1. The maximum atomic E-state index is 5.81. The molecule has 0 aliphatic heterocycles. The van der Waals surface area contributed by atoms with E-state index in [0.29, 0.717) is 6.04 Å². The van der Waals surface area contributed by atoms with E-state index < -0.39 is 0 Å². The number of rotatable bonds is 5. The summed E-state index contributed by atoms with van der Waals surface area (Å²) in [5.41, 5.74) is 11.6.